The number of hydrogen-bond donors (Lipinski definition) is 1. The molecule has 2 aliphatic rings. The van der Waals surface area contributed by atoms with E-state index < -0.39 is 0 Å². The molecule has 3 nitrogen and oxygen atoms in total. The molecule has 2 N–H and O–H groups in total. The molecular formula is C16H32N2O. The predicted octanol–water partition coefficient (Wildman–Crippen LogP) is 2.78. The van der Waals surface area contributed by atoms with Gasteiger partial charge in [-0.1, -0.05) is 26.2 Å². The number of rotatable bonds is 3. The van der Waals surface area contributed by atoms with Crippen molar-refractivity contribution in [2.45, 2.75) is 77.0 Å². The van der Waals surface area contributed by atoms with Crippen molar-refractivity contribution in [3.63, 3.8) is 0 Å². The van der Waals surface area contributed by atoms with Crippen molar-refractivity contribution >= 4 is 0 Å². The number of morpholine rings is 1. The highest BCUT2D eigenvalue weighted by Gasteiger charge is 2.40. The Labute approximate surface area is 118 Å². The predicted molar refractivity (Wildman–Crippen MR) is 80.2 cm³/mol. The molecule has 1 heterocycles. The van der Waals surface area contributed by atoms with Crippen molar-refractivity contribution in [1.29, 1.82) is 0 Å². The lowest BCUT2D eigenvalue weighted by Crippen LogP contribution is -2.60. The summed E-state index contributed by atoms with van der Waals surface area (Å²) in [5.74, 6) is 0.921. The molecule has 0 aromatic rings. The van der Waals surface area contributed by atoms with Crippen molar-refractivity contribution in [2.24, 2.45) is 11.7 Å². The van der Waals surface area contributed by atoms with Gasteiger partial charge in [-0.2, -0.15) is 0 Å². The van der Waals surface area contributed by atoms with Crippen LogP contribution in [0.25, 0.3) is 0 Å². The number of ether oxygens (including phenoxy) is 1. The van der Waals surface area contributed by atoms with Crippen LogP contribution in [0.1, 0.15) is 59.3 Å². The van der Waals surface area contributed by atoms with Gasteiger partial charge >= 0.3 is 0 Å². The van der Waals surface area contributed by atoms with Gasteiger partial charge in [-0.15, -0.1) is 0 Å². The summed E-state index contributed by atoms with van der Waals surface area (Å²) in [5.41, 5.74) is 6.48. The fourth-order valence-corrected chi connectivity index (χ4v) is 4.08. The largest absolute Gasteiger partial charge is 0.373 e. The molecule has 3 heteroatoms. The highest BCUT2D eigenvalue weighted by atomic mass is 16.5. The molecule has 0 radical (unpaired) electrons. The van der Waals surface area contributed by atoms with Gasteiger partial charge in [-0.25, -0.2) is 0 Å². The first kappa shape index (κ1) is 15.3. The molecule has 2 rings (SSSR count). The van der Waals surface area contributed by atoms with Crippen LogP contribution >= 0.6 is 0 Å². The average molecular weight is 268 g/mol. The van der Waals surface area contributed by atoms with Gasteiger partial charge < -0.3 is 10.5 Å². The first-order valence-corrected chi connectivity index (χ1v) is 8.20. The lowest BCUT2D eigenvalue weighted by Gasteiger charge is -2.48. The topological polar surface area (TPSA) is 38.5 Å². The third-order valence-electron chi connectivity index (χ3n) is 5.32. The first-order chi connectivity index (χ1) is 9.09. The lowest BCUT2D eigenvalue weighted by molar-refractivity contribution is -0.104. The molecule has 0 aromatic heterocycles. The Morgan fingerprint density at radius 1 is 1.16 bits per heavy atom. The maximum atomic E-state index is 6.23. The second-order valence-corrected chi connectivity index (χ2v) is 6.80. The minimum atomic E-state index is 0.246. The zero-order chi connectivity index (χ0) is 13.9. The summed E-state index contributed by atoms with van der Waals surface area (Å²) in [6.07, 6.45) is 8.67. The Balaban J connectivity index is 2.08. The third-order valence-corrected chi connectivity index (χ3v) is 5.32. The normalized spacial score (nSPS) is 42.0. The Morgan fingerprint density at radius 2 is 1.84 bits per heavy atom. The van der Waals surface area contributed by atoms with E-state index in [1.165, 1.54) is 38.5 Å². The summed E-state index contributed by atoms with van der Waals surface area (Å²) in [5, 5.41) is 0. The summed E-state index contributed by atoms with van der Waals surface area (Å²) in [7, 11) is 0. The highest BCUT2D eigenvalue weighted by Crippen LogP contribution is 2.36. The molecule has 1 saturated carbocycles. The molecule has 1 saturated heterocycles. The van der Waals surface area contributed by atoms with Crippen molar-refractivity contribution in [1.82, 2.24) is 4.90 Å². The van der Waals surface area contributed by atoms with Crippen molar-refractivity contribution < 1.29 is 4.74 Å². The average Bonchev–Trinajstić information content (AvgIpc) is 2.60. The van der Waals surface area contributed by atoms with Gasteiger partial charge in [0.2, 0.25) is 0 Å². The first-order valence-electron chi connectivity index (χ1n) is 8.20. The molecule has 112 valence electrons. The maximum Gasteiger partial charge on any atom is 0.0678 e. The Bertz CT molecular complexity index is 274. The summed E-state index contributed by atoms with van der Waals surface area (Å²) < 4.78 is 5.89. The molecule has 4 atom stereocenters. The van der Waals surface area contributed by atoms with E-state index in [9.17, 15) is 0 Å². The second-order valence-electron chi connectivity index (χ2n) is 6.80. The van der Waals surface area contributed by atoms with Gasteiger partial charge in [-0.3, -0.25) is 4.90 Å². The molecule has 4 unspecified atom stereocenters. The maximum absolute atomic E-state index is 6.23. The molecule has 19 heavy (non-hydrogen) atoms. The van der Waals surface area contributed by atoms with E-state index in [1.807, 2.05) is 0 Å². The number of hydrogen-bond acceptors (Lipinski definition) is 3. The standard InChI is InChI=1S/C16H32N2O/c1-4-15-6-5-8-16(12-17,9-7-15)18-10-13(2)19-14(3)11-18/h13-15H,4-12,17H2,1-3H3. The van der Waals surface area contributed by atoms with Crippen LogP contribution in [0.2, 0.25) is 0 Å². The van der Waals surface area contributed by atoms with Gasteiger partial charge in [0.1, 0.15) is 0 Å². The highest BCUT2D eigenvalue weighted by molar-refractivity contribution is 4.96. The number of nitrogens with two attached hydrogens (primary N) is 1. The zero-order valence-electron chi connectivity index (χ0n) is 13.0. The van der Waals surface area contributed by atoms with Crippen LogP contribution in [0.3, 0.4) is 0 Å². The van der Waals surface area contributed by atoms with E-state index in [0.29, 0.717) is 12.2 Å². The molecule has 0 aromatic carbocycles. The monoisotopic (exact) mass is 268 g/mol. The van der Waals surface area contributed by atoms with Crippen molar-refractivity contribution in [3.05, 3.63) is 0 Å². The van der Waals surface area contributed by atoms with Crippen LogP contribution in [-0.2, 0) is 4.74 Å². The van der Waals surface area contributed by atoms with Crippen LogP contribution in [-0.4, -0.2) is 42.3 Å². The molecule has 2 fully saturated rings. The fraction of sp³-hybridized carbons (Fsp3) is 1.00. The SMILES string of the molecule is CCC1CCCC(CN)(N2CC(C)OC(C)C2)CC1. The number of nitrogens with zero attached hydrogens (tertiary/aromatic N) is 1. The van der Waals surface area contributed by atoms with Gasteiger partial charge in [-0.05, 0) is 39.0 Å². The van der Waals surface area contributed by atoms with Crippen molar-refractivity contribution in [2.75, 3.05) is 19.6 Å². The zero-order valence-corrected chi connectivity index (χ0v) is 13.0. The Morgan fingerprint density at radius 3 is 2.42 bits per heavy atom. The van der Waals surface area contributed by atoms with E-state index in [4.69, 9.17) is 10.5 Å². The third kappa shape index (κ3) is 3.50. The minimum absolute atomic E-state index is 0.246. The summed E-state index contributed by atoms with van der Waals surface area (Å²) in [6.45, 7) is 9.63. The van der Waals surface area contributed by atoms with Crippen LogP contribution in [0.5, 0.6) is 0 Å². The quantitative estimate of drug-likeness (QED) is 0.800. The van der Waals surface area contributed by atoms with Crippen molar-refractivity contribution in [3.8, 4) is 0 Å². The van der Waals surface area contributed by atoms with Crippen LogP contribution in [0.4, 0.5) is 0 Å². The van der Waals surface area contributed by atoms with E-state index >= 15 is 0 Å². The Kier molecular flexibility index (Phi) is 5.27. The Hall–Kier alpha value is -0.120. The van der Waals surface area contributed by atoms with E-state index in [0.717, 1.165) is 25.6 Å². The summed E-state index contributed by atoms with van der Waals surface area (Å²) in [6, 6.07) is 0. The van der Waals surface area contributed by atoms with E-state index in [2.05, 4.69) is 25.7 Å². The fourth-order valence-electron chi connectivity index (χ4n) is 4.08. The smallest absolute Gasteiger partial charge is 0.0678 e. The van der Waals surface area contributed by atoms with Crippen LogP contribution in [0.15, 0.2) is 0 Å². The van der Waals surface area contributed by atoms with E-state index in [1.54, 1.807) is 0 Å². The van der Waals surface area contributed by atoms with Gasteiger partial charge in [0.05, 0.1) is 12.2 Å². The molecule has 0 bridgehead atoms. The minimum Gasteiger partial charge on any atom is -0.373 e. The molecular weight excluding hydrogens is 236 g/mol. The molecule has 1 aliphatic heterocycles. The lowest BCUT2D eigenvalue weighted by atomic mass is 9.86. The molecule has 0 spiro atoms. The molecule has 1 aliphatic carbocycles. The summed E-state index contributed by atoms with van der Waals surface area (Å²) >= 11 is 0. The van der Waals surface area contributed by atoms with Gasteiger partial charge in [0.25, 0.3) is 0 Å². The molecule has 0 amide bonds. The summed E-state index contributed by atoms with van der Waals surface area (Å²) in [4.78, 5) is 2.66. The van der Waals surface area contributed by atoms with Gasteiger partial charge in [0, 0.05) is 25.2 Å². The van der Waals surface area contributed by atoms with Gasteiger partial charge in [0.15, 0.2) is 0 Å². The van der Waals surface area contributed by atoms with Crippen LogP contribution < -0.4 is 5.73 Å². The van der Waals surface area contributed by atoms with E-state index in [-0.39, 0.29) is 5.54 Å². The van der Waals surface area contributed by atoms with Crippen LogP contribution in [0, 0.1) is 5.92 Å². The second kappa shape index (κ2) is 6.55.